The monoisotopic (exact) mass is 460 g/mol. The van der Waals surface area contributed by atoms with Crippen LogP contribution in [0, 0.1) is 0 Å². The van der Waals surface area contributed by atoms with Gasteiger partial charge in [-0.15, -0.1) is 0 Å². The van der Waals surface area contributed by atoms with E-state index in [0.29, 0.717) is 12.8 Å². The molecule has 7 heteroatoms. The van der Waals surface area contributed by atoms with Gasteiger partial charge in [-0.1, -0.05) is 60.7 Å². The highest BCUT2D eigenvalue weighted by Gasteiger charge is 2.48. The molecule has 1 saturated carbocycles. The summed E-state index contributed by atoms with van der Waals surface area (Å²) in [5.74, 6) is -0.961. The van der Waals surface area contributed by atoms with Crippen molar-refractivity contribution >= 4 is 21.8 Å². The SMILES string of the molecule is CC(NC(=O)c1ccc2c(c1)S(=O)(=O)N(C1CC1)C2=O)C(c1ccccc1)c1ccccc1. The number of hydrogen-bond acceptors (Lipinski definition) is 4. The predicted octanol–water partition coefficient (Wildman–Crippen LogP) is 3.94. The van der Waals surface area contributed by atoms with E-state index in [-0.39, 0.29) is 39.9 Å². The van der Waals surface area contributed by atoms with Gasteiger partial charge in [0, 0.05) is 23.6 Å². The summed E-state index contributed by atoms with van der Waals surface area (Å²) in [5.41, 5.74) is 2.49. The summed E-state index contributed by atoms with van der Waals surface area (Å²) in [4.78, 5) is 25.7. The van der Waals surface area contributed by atoms with Crippen LogP contribution in [0.4, 0.5) is 0 Å². The van der Waals surface area contributed by atoms with Crippen molar-refractivity contribution in [3.63, 3.8) is 0 Å². The molecule has 168 valence electrons. The molecule has 0 radical (unpaired) electrons. The second-order valence-electron chi connectivity index (χ2n) is 8.61. The van der Waals surface area contributed by atoms with Crippen molar-refractivity contribution in [1.82, 2.24) is 9.62 Å². The van der Waals surface area contributed by atoms with Gasteiger partial charge in [-0.05, 0) is 49.1 Å². The van der Waals surface area contributed by atoms with Crippen LogP contribution in [0.2, 0.25) is 0 Å². The molecule has 2 aliphatic rings. The quantitative estimate of drug-likeness (QED) is 0.604. The van der Waals surface area contributed by atoms with E-state index in [2.05, 4.69) is 5.32 Å². The van der Waals surface area contributed by atoms with Crippen LogP contribution in [-0.2, 0) is 10.0 Å². The summed E-state index contributed by atoms with van der Waals surface area (Å²) in [6, 6.07) is 23.6. The molecule has 0 saturated heterocycles. The standard InChI is InChI=1S/C26H24N2O4S/c1-17(24(18-8-4-2-5-9-18)19-10-6-3-7-11-19)27-25(29)20-12-15-22-23(16-20)33(31,32)28(26(22)30)21-13-14-21/h2-12,15-17,21,24H,13-14H2,1H3,(H,27,29). The Balaban J connectivity index is 1.43. The first-order chi connectivity index (χ1) is 15.9. The van der Waals surface area contributed by atoms with Crippen LogP contribution in [0.1, 0.15) is 57.5 Å². The van der Waals surface area contributed by atoms with E-state index < -0.39 is 15.9 Å². The molecule has 1 fully saturated rings. The Kier molecular flexibility index (Phi) is 5.29. The van der Waals surface area contributed by atoms with Crippen molar-refractivity contribution < 1.29 is 18.0 Å². The first-order valence-corrected chi connectivity index (χ1v) is 12.5. The van der Waals surface area contributed by atoms with E-state index in [9.17, 15) is 18.0 Å². The maximum absolute atomic E-state index is 13.1. The highest BCUT2D eigenvalue weighted by atomic mass is 32.2. The van der Waals surface area contributed by atoms with Gasteiger partial charge in [0.2, 0.25) is 0 Å². The van der Waals surface area contributed by atoms with Crippen molar-refractivity contribution in [3.8, 4) is 0 Å². The van der Waals surface area contributed by atoms with Gasteiger partial charge >= 0.3 is 0 Å². The maximum atomic E-state index is 13.1. The van der Waals surface area contributed by atoms with Crippen LogP contribution in [0.15, 0.2) is 83.8 Å². The molecule has 2 amide bonds. The lowest BCUT2D eigenvalue weighted by atomic mass is 9.85. The van der Waals surface area contributed by atoms with Crippen LogP contribution < -0.4 is 5.32 Å². The predicted molar refractivity (Wildman–Crippen MR) is 124 cm³/mol. The Morgan fingerprint density at radius 1 is 0.939 bits per heavy atom. The van der Waals surface area contributed by atoms with Gasteiger partial charge in [0.05, 0.1) is 5.56 Å². The van der Waals surface area contributed by atoms with E-state index in [4.69, 9.17) is 0 Å². The fourth-order valence-electron chi connectivity index (χ4n) is 4.52. The first-order valence-electron chi connectivity index (χ1n) is 11.0. The van der Waals surface area contributed by atoms with Crippen LogP contribution in [0.5, 0.6) is 0 Å². The molecule has 1 heterocycles. The number of carbonyl (C=O) groups is 2. The minimum atomic E-state index is -3.92. The third kappa shape index (κ3) is 3.82. The van der Waals surface area contributed by atoms with Gasteiger partial charge in [0.1, 0.15) is 4.90 Å². The lowest BCUT2D eigenvalue weighted by Crippen LogP contribution is -2.37. The highest BCUT2D eigenvalue weighted by Crippen LogP contribution is 2.39. The molecule has 6 nitrogen and oxygen atoms in total. The topological polar surface area (TPSA) is 83.6 Å². The van der Waals surface area contributed by atoms with E-state index in [1.807, 2.05) is 67.6 Å². The van der Waals surface area contributed by atoms with Gasteiger partial charge < -0.3 is 5.32 Å². The molecule has 33 heavy (non-hydrogen) atoms. The Bertz CT molecular complexity index is 1280. The second-order valence-corrected chi connectivity index (χ2v) is 10.4. The molecule has 1 atom stereocenters. The van der Waals surface area contributed by atoms with Gasteiger partial charge in [-0.25, -0.2) is 12.7 Å². The summed E-state index contributed by atoms with van der Waals surface area (Å²) in [7, 11) is -3.92. The second kappa shape index (κ2) is 8.15. The zero-order chi connectivity index (χ0) is 23.2. The third-order valence-corrected chi connectivity index (χ3v) is 8.14. The zero-order valence-electron chi connectivity index (χ0n) is 18.1. The Hall–Kier alpha value is -3.45. The van der Waals surface area contributed by atoms with Crippen LogP contribution >= 0.6 is 0 Å². The van der Waals surface area contributed by atoms with Crippen LogP contribution in [0.25, 0.3) is 0 Å². The molecule has 3 aromatic carbocycles. The third-order valence-electron chi connectivity index (χ3n) is 6.27. The summed E-state index contributed by atoms with van der Waals surface area (Å²) >= 11 is 0. The maximum Gasteiger partial charge on any atom is 0.269 e. The number of benzene rings is 3. The number of carbonyl (C=O) groups excluding carboxylic acids is 2. The highest BCUT2D eigenvalue weighted by molar-refractivity contribution is 7.90. The van der Waals surface area contributed by atoms with Crippen molar-refractivity contribution in [2.24, 2.45) is 0 Å². The summed E-state index contributed by atoms with van der Waals surface area (Å²) in [5, 5.41) is 3.04. The molecular weight excluding hydrogens is 436 g/mol. The van der Waals surface area contributed by atoms with Gasteiger partial charge in [0.25, 0.3) is 21.8 Å². The fourth-order valence-corrected chi connectivity index (χ4v) is 6.36. The largest absolute Gasteiger partial charge is 0.349 e. The normalized spacial score (nSPS) is 17.6. The molecule has 1 unspecified atom stereocenters. The van der Waals surface area contributed by atoms with Crippen molar-refractivity contribution in [3.05, 3.63) is 101 Å². The number of rotatable bonds is 6. The number of sulfonamides is 1. The summed E-state index contributed by atoms with van der Waals surface area (Å²) in [6.07, 6.45) is 1.37. The molecule has 0 bridgehead atoms. The van der Waals surface area contributed by atoms with Crippen LogP contribution in [0.3, 0.4) is 0 Å². The van der Waals surface area contributed by atoms with Crippen LogP contribution in [-0.4, -0.2) is 36.6 Å². The van der Waals surface area contributed by atoms with E-state index in [1.165, 1.54) is 18.2 Å². The number of nitrogens with zero attached hydrogens (tertiary/aromatic N) is 1. The first kappa shape index (κ1) is 21.4. The van der Waals surface area contributed by atoms with E-state index in [1.54, 1.807) is 0 Å². The molecule has 1 aliphatic carbocycles. The lowest BCUT2D eigenvalue weighted by Gasteiger charge is -2.26. The molecule has 3 aromatic rings. The Morgan fingerprint density at radius 2 is 1.52 bits per heavy atom. The Morgan fingerprint density at radius 3 is 2.06 bits per heavy atom. The number of amides is 2. The van der Waals surface area contributed by atoms with Crippen molar-refractivity contribution in [1.29, 1.82) is 0 Å². The fraction of sp³-hybridized carbons (Fsp3) is 0.231. The molecule has 0 aromatic heterocycles. The number of hydrogen-bond donors (Lipinski definition) is 1. The molecule has 1 aliphatic heterocycles. The molecule has 1 N–H and O–H groups in total. The smallest absolute Gasteiger partial charge is 0.269 e. The van der Waals surface area contributed by atoms with Gasteiger partial charge in [-0.2, -0.15) is 0 Å². The summed E-state index contributed by atoms with van der Waals surface area (Å²) in [6.45, 7) is 1.94. The molecular formula is C26H24N2O4S. The van der Waals surface area contributed by atoms with Gasteiger partial charge in [-0.3, -0.25) is 9.59 Å². The molecule has 0 spiro atoms. The average molecular weight is 461 g/mol. The van der Waals surface area contributed by atoms with Gasteiger partial charge in [0.15, 0.2) is 0 Å². The molecule has 5 rings (SSSR count). The zero-order valence-corrected chi connectivity index (χ0v) is 19.0. The van der Waals surface area contributed by atoms with Crippen molar-refractivity contribution in [2.75, 3.05) is 0 Å². The number of fused-ring (bicyclic) bond motifs is 1. The summed E-state index contributed by atoms with van der Waals surface area (Å²) < 4.78 is 26.8. The minimum Gasteiger partial charge on any atom is -0.349 e. The Labute approximate surface area is 193 Å². The van der Waals surface area contributed by atoms with Crippen molar-refractivity contribution in [2.45, 2.75) is 42.7 Å². The average Bonchev–Trinajstić information content (AvgIpc) is 3.62. The van der Waals surface area contributed by atoms with E-state index in [0.717, 1.165) is 15.4 Å². The minimum absolute atomic E-state index is 0.0811. The number of nitrogens with one attached hydrogen (secondary N) is 1. The lowest BCUT2D eigenvalue weighted by molar-refractivity contribution is 0.0863. The van der Waals surface area contributed by atoms with E-state index >= 15 is 0 Å².